The highest BCUT2D eigenvalue weighted by Gasteiger charge is 2.28. The summed E-state index contributed by atoms with van der Waals surface area (Å²) in [6.07, 6.45) is 2.92. The number of benzene rings is 1. The van der Waals surface area contributed by atoms with Gasteiger partial charge < -0.3 is 5.32 Å². The molecule has 0 saturated heterocycles. The third-order valence-electron chi connectivity index (χ3n) is 3.87. The van der Waals surface area contributed by atoms with Gasteiger partial charge in [-0.05, 0) is 30.4 Å². The second kappa shape index (κ2) is 6.96. The van der Waals surface area contributed by atoms with Crippen molar-refractivity contribution in [1.82, 2.24) is 14.9 Å². The lowest BCUT2D eigenvalue weighted by atomic mass is 9.88. The first-order chi connectivity index (χ1) is 11.5. The van der Waals surface area contributed by atoms with Crippen molar-refractivity contribution in [1.29, 1.82) is 0 Å². The lowest BCUT2D eigenvalue weighted by Gasteiger charge is -2.25. The van der Waals surface area contributed by atoms with Gasteiger partial charge in [0, 0.05) is 12.5 Å². The van der Waals surface area contributed by atoms with E-state index in [1.165, 1.54) is 5.56 Å². The predicted molar refractivity (Wildman–Crippen MR) is 91.3 cm³/mol. The summed E-state index contributed by atoms with van der Waals surface area (Å²) >= 11 is 0.849. The van der Waals surface area contributed by atoms with Crippen LogP contribution in [0.5, 0.6) is 0 Å². The largest absolute Gasteiger partial charge is 0.301 e. The number of rotatable bonds is 5. The Kier molecular flexibility index (Phi) is 4.93. The molecule has 24 heavy (non-hydrogen) atoms. The molecule has 128 valence electrons. The number of nitrogens with one attached hydrogen (secondary N) is 2. The average molecular weight is 366 g/mol. The van der Waals surface area contributed by atoms with Gasteiger partial charge in [0.1, 0.15) is 0 Å². The van der Waals surface area contributed by atoms with Crippen molar-refractivity contribution < 1.29 is 13.2 Å². The maximum absolute atomic E-state index is 12.6. The van der Waals surface area contributed by atoms with Crippen LogP contribution in [0.4, 0.5) is 5.13 Å². The Bertz CT molecular complexity index is 848. The molecule has 1 unspecified atom stereocenters. The van der Waals surface area contributed by atoms with Crippen molar-refractivity contribution in [3.63, 3.8) is 0 Å². The fourth-order valence-corrected chi connectivity index (χ4v) is 4.87. The molecular formula is C15H18N4O3S2. The Morgan fingerprint density at radius 3 is 2.92 bits per heavy atom. The van der Waals surface area contributed by atoms with Crippen LogP contribution in [0.2, 0.25) is 0 Å². The van der Waals surface area contributed by atoms with Gasteiger partial charge in [0.15, 0.2) is 0 Å². The van der Waals surface area contributed by atoms with Crippen molar-refractivity contribution in [3.05, 3.63) is 35.4 Å². The summed E-state index contributed by atoms with van der Waals surface area (Å²) in [5, 5.41) is 10.1. The van der Waals surface area contributed by atoms with Crippen LogP contribution in [-0.4, -0.2) is 24.5 Å². The number of aromatic nitrogens is 2. The highest BCUT2D eigenvalue weighted by Crippen LogP contribution is 2.31. The quantitative estimate of drug-likeness (QED) is 0.790. The molecule has 7 nitrogen and oxygen atoms in total. The monoisotopic (exact) mass is 366 g/mol. The molecule has 1 amide bonds. The first kappa shape index (κ1) is 17.0. The molecule has 1 aromatic carbocycles. The first-order valence-corrected chi connectivity index (χ1v) is 10.0. The minimum Gasteiger partial charge on any atom is -0.301 e. The maximum atomic E-state index is 12.6. The van der Waals surface area contributed by atoms with Crippen molar-refractivity contribution in [3.8, 4) is 0 Å². The van der Waals surface area contributed by atoms with E-state index in [0.717, 1.165) is 36.2 Å². The van der Waals surface area contributed by atoms with E-state index in [-0.39, 0.29) is 21.4 Å². The summed E-state index contributed by atoms with van der Waals surface area (Å²) in [6, 6.07) is 7.59. The number of carbonyl (C=O) groups is 1. The minimum atomic E-state index is -3.78. The van der Waals surface area contributed by atoms with Gasteiger partial charge in [0.2, 0.25) is 15.4 Å². The first-order valence-electron chi connectivity index (χ1n) is 7.73. The SMILES string of the molecule is CCC(=O)Nc1nnc(S(=O)(=O)NC2CCCc3ccccc32)s1. The standard InChI is InChI=1S/C15H18N4O3S2/c1-2-13(20)16-14-17-18-15(23-14)24(21,22)19-12-9-5-7-10-6-3-4-8-11(10)12/h3-4,6,8,12,19H,2,5,7,9H2,1H3,(H,16,17,20). The van der Waals surface area contributed by atoms with E-state index in [0.29, 0.717) is 6.42 Å². The highest BCUT2D eigenvalue weighted by atomic mass is 32.2. The number of amides is 1. The van der Waals surface area contributed by atoms with E-state index in [2.05, 4.69) is 20.2 Å². The Hall–Kier alpha value is -1.84. The molecule has 9 heteroatoms. The molecule has 1 aromatic heterocycles. The van der Waals surface area contributed by atoms with Gasteiger partial charge in [-0.15, -0.1) is 10.2 Å². The van der Waals surface area contributed by atoms with E-state index in [4.69, 9.17) is 0 Å². The molecule has 0 fully saturated rings. The number of aryl methyl sites for hydroxylation is 1. The molecular weight excluding hydrogens is 348 g/mol. The summed E-state index contributed by atoms with van der Waals surface area (Å²) in [5.41, 5.74) is 2.18. The molecule has 1 heterocycles. The topological polar surface area (TPSA) is 101 Å². The third kappa shape index (κ3) is 3.63. The van der Waals surface area contributed by atoms with E-state index < -0.39 is 10.0 Å². The van der Waals surface area contributed by atoms with Crippen LogP contribution in [0.25, 0.3) is 0 Å². The molecule has 2 N–H and O–H groups in total. The average Bonchev–Trinajstić information content (AvgIpc) is 3.04. The van der Waals surface area contributed by atoms with Crippen LogP contribution in [0.3, 0.4) is 0 Å². The zero-order valence-electron chi connectivity index (χ0n) is 13.2. The van der Waals surface area contributed by atoms with Crippen LogP contribution in [0.15, 0.2) is 28.6 Å². The zero-order chi connectivity index (χ0) is 17.2. The van der Waals surface area contributed by atoms with Gasteiger partial charge in [-0.3, -0.25) is 4.79 Å². The Balaban J connectivity index is 1.79. The van der Waals surface area contributed by atoms with Crippen molar-refractivity contribution >= 4 is 32.4 Å². The minimum absolute atomic E-state index is 0.142. The lowest BCUT2D eigenvalue weighted by molar-refractivity contribution is -0.115. The van der Waals surface area contributed by atoms with Crippen LogP contribution >= 0.6 is 11.3 Å². The van der Waals surface area contributed by atoms with Gasteiger partial charge in [-0.2, -0.15) is 0 Å². The highest BCUT2D eigenvalue weighted by molar-refractivity contribution is 7.91. The van der Waals surface area contributed by atoms with Crippen molar-refractivity contribution in [2.24, 2.45) is 0 Å². The molecule has 0 saturated carbocycles. The van der Waals surface area contributed by atoms with Crippen molar-refractivity contribution in [2.45, 2.75) is 43.0 Å². The normalized spacial score (nSPS) is 17.3. The maximum Gasteiger partial charge on any atom is 0.270 e. The van der Waals surface area contributed by atoms with Crippen LogP contribution in [-0.2, 0) is 21.2 Å². The van der Waals surface area contributed by atoms with Gasteiger partial charge in [0.05, 0.1) is 0 Å². The number of sulfonamides is 1. The van der Waals surface area contributed by atoms with Gasteiger partial charge in [-0.25, -0.2) is 13.1 Å². The molecule has 1 aliphatic carbocycles. The molecule has 0 aliphatic heterocycles. The van der Waals surface area contributed by atoms with Gasteiger partial charge in [-0.1, -0.05) is 42.5 Å². The van der Waals surface area contributed by atoms with E-state index in [1.807, 2.05) is 24.3 Å². The Morgan fingerprint density at radius 2 is 2.12 bits per heavy atom. The number of hydrogen-bond acceptors (Lipinski definition) is 6. The summed E-state index contributed by atoms with van der Waals surface area (Å²) in [5.74, 6) is -0.232. The van der Waals surface area contributed by atoms with Crippen molar-refractivity contribution in [2.75, 3.05) is 5.32 Å². The molecule has 2 aromatic rings. The summed E-state index contributed by atoms with van der Waals surface area (Å²) in [7, 11) is -3.78. The second-order valence-corrected chi connectivity index (χ2v) is 8.40. The number of nitrogens with zero attached hydrogens (tertiary/aromatic N) is 2. The van der Waals surface area contributed by atoms with Gasteiger partial charge >= 0.3 is 0 Å². The number of anilines is 1. The Morgan fingerprint density at radius 1 is 1.33 bits per heavy atom. The van der Waals surface area contributed by atoms with Crippen LogP contribution in [0.1, 0.15) is 43.4 Å². The number of carbonyl (C=O) groups excluding carboxylic acids is 1. The summed E-state index contributed by atoms with van der Waals surface area (Å²) < 4.78 is 27.7. The van der Waals surface area contributed by atoms with E-state index in [9.17, 15) is 13.2 Å². The summed E-state index contributed by atoms with van der Waals surface area (Å²) in [6.45, 7) is 1.70. The third-order valence-corrected chi connectivity index (χ3v) is 6.55. The lowest BCUT2D eigenvalue weighted by Crippen LogP contribution is -2.31. The molecule has 0 bridgehead atoms. The Labute approximate surface area is 144 Å². The van der Waals surface area contributed by atoms with E-state index >= 15 is 0 Å². The van der Waals surface area contributed by atoms with Gasteiger partial charge in [0.25, 0.3) is 10.0 Å². The molecule has 0 radical (unpaired) electrons. The molecule has 3 rings (SSSR count). The second-order valence-electron chi connectivity index (χ2n) is 5.54. The fourth-order valence-electron chi connectivity index (χ4n) is 2.69. The summed E-state index contributed by atoms with van der Waals surface area (Å²) in [4.78, 5) is 11.4. The van der Waals surface area contributed by atoms with Crippen LogP contribution < -0.4 is 10.0 Å². The molecule has 1 aliphatic rings. The smallest absolute Gasteiger partial charge is 0.270 e. The molecule has 1 atom stereocenters. The van der Waals surface area contributed by atoms with E-state index in [1.54, 1.807) is 6.92 Å². The van der Waals surface area contributed by atoms with Crippen LogP contribution in [0, 0.1) is 0 Å². The predicted octanol–water partition coefficient (Wildman–Crippen LogP) is 2.24. The molecule has 0 spiro atoms. The number of hydrogen-bond donors (Lipinski definition) is 2. The zero-order valence-corrected chi connectivity index (χ0v) is 14.8. The number of fused-ring (bicyclic) bond motifs is 1. The fraction of sp³-hybridized carbons (Fsp3) is 0.400.